The first-order valence-corrected chi connectivity index (χ1v) is 12.6. The maximum absolute atomic E-state index is 13.0. The third kappa shape index (κ3) is 6.38. The van der Waals surface area contributed by atoms with Crippen LogP contribution < -0.4 is 10.1 Å². The number of methoxy groups -OCH3 is 1. The van der Waals surface area contributed by atoms with E-state index in [1.807, 2.05) is 54.6 Å². The van der Waals surface area contributed by atoms with Gasteiger partial charge in [-0.3, -0.25) is 14.5 Å². The number of likely N-dealkylation sites (tertiary alicyclic amines) is 2. The molecule has 0 spiro atoms. The average molecular weight is 464 g/mol. The molecule has 34 heavy (non-hydrogen) atoms. The van der Waals surface area contributed by atoms with Crippen LogP contribution in [0.15, 0.2) is 54.6 Å². The Bertz CT molecular complexity index is 916. The van der Waals surface area contributed by atoms with Crippen molar-refractivity contribution in [3.05, 3.63) is 65.7 Å². The van der Waals surface area contributed by atoms with Gasteiger partial charge in [-0.1, -0.05) is 55.3 Å². The fraction of sp³-hybridized carbons (Fsp3) is 0.500. The Morgan fingerprint density at radius 2 is 1.50 bits per heavy atom. The van der Waals surface area contributed by atoms with Gasteiger partial charge in [-0.05, 0) is 62.0 Å². The van der Waals surface area contributed by atoms with Crippen molar-refractivity contribution in [2.45, 2.75) is 44.6 Å². The minimum absolute atomic E-state index is 0.00182. The van der Waals surface area contributed by atoms with E-state index in [0.717, 1.165) is 68.7 Å². The molecule has 0 aromatic heterocycles. The van der Waals surface area contributed by atoms with Crippen LogP contribution in [0.25, 0.3) is 0 Å². The summed E-state index contributed by atoms with van der Waals surface area (Å²) in [5.41, 5.74) is 2.06. The smallest absolute Gasteiger partial charge is 0.234 e. The third-order valence-electron chi connectivity index (χ3n) is 7.11. The summed E-state index contributed by atoms with van der Waals surface area (Å²) in [5.74, 6) is 1.23. The molecule has 2 aliphatic heterocycles. The molecular weight excluding hydrogens is 426 g/mol. The van der Waals surface area contributed by atoms with Crippen molar-refractivity contribution in [3.8, 4) is 5.75 Å². The van der Waals surface area contributed by atoms with Gasteiger partial charge in [-0.25, -0.2) is 0 Å². The molecule has 0 aliphatic carbocycles. The maximum Gasteiger partial charge on any atom is 0.234 e. The second-order valence-corrected chi connectivity index (χ2v) is 9.47. The van der Waals surface area contributed by atoms with Gasteiger partial charge >= 0.3 is 0 Å². The number of piperidine rings is 1. The molecule has 2 aromatic carbocycles. The molecule has 2 amide bonds. The zero-order valence-electron chi connectivity index (χ0n) is 20.2. The normalized spacial score (nSPS) is 18.7. The molecule has 0 radical (unpaired) electrons. The van der Waals surface area contributed by atoms with Crippen molar-refractivity contribution in [2.24, 2.45) is 5.92 Å². The number of hydrogen-bond acceptors (Lipinski definition) is 4. The SMILES string of the molecule is COc1ccc([C@H](NC(=O)CN2CCC(C(=O)N3CCCCCC3)CC2)c2ccccc2)cc1. The fourth-order valence-corrected chi connectivity index (χ4v) is 5.10. The Hall–Kier alpha value is -2.86. The number of benzene rings is 2. The van der Waals surface area contributed by atoms with Gasteiger partial charge < -0.3 is 15.0 Å². The lowest BCUT2D eigenvalue weighted by atomic mass is 9.95. The molecule has 2 saturated heterocycles. The number of ether oxygens (including phenoxy) is 1. The Balaban J connectivity index is 1.33. The summed E-state index contributed by atoms with van der Waals surface area (Å²) in [6.45, 7) is 3.75. The number of hydrogen-bond donors (Lipinski definition) is 1. The van der Waals surface area contributed by atoms with Gasteiger partial charge in [0.25, 0.3) is 0 Å². The van der Waals surface area contributed by atoms with Crippen molar-refractivity contribution in [3.63, 3.8) is 0 Å². The molecule has 2 fully saturated rings. The molecule has 0 bridgehead atoms. The minimum Gasteiger partial charge on any atom is -0.497 e. The van der Waals surface area contributed by atoms with Crippen molar-refractivity contribution >= 4 is 11.8 Å². The predicted octanol–water partition coefficient (Wildman–Crippen LogP) is 4.02. The summed E-state index contributed by atoms with van der Waals surface area (Å²) < 4.78 is 5.29. The molecule has 0 saturated carbocycles. The highest BCUT2D eigenvalue weighted by atomic mass is 16.5. The molecule has 6 heteroatoms. The van der Waals surface area contributed by atoms with Crippen LogP contribution in [-0.4, -0.2) is 61.4 Å². The number of nitrogens with one attached hydrogen (secondary N) is 1. The number of nitrogens with zero attached hydrogens (tertiary/aromatic N) is 2. The van der Waals surface area contributed by atoms with E-state index >= 15 is 0 Å². The lowest BCUT2D eigenvalue weighted by molar-refractivity contribution is -0.137. The van der Waals surface area contributed by atoms with Crippen molar-refractivity contribution in [2.75, 3.05) is 39.8 Å². The molecule has 0 unspecified atom stereocenters. The summed E-state index contributed by atoms with van der Waals surface area (Å²) in [6.07, 6.45) is 6.39. The molecule has 1 N–H and O–H groups in total. The lowest BCUT2D eigenvalue weighted by Crippen LogP contribution is -2.46. The summed E-state index contributed by atoms with van der Waals surface area (Å²) in [7, 11) is 1.65. The number of rotatable bonds is 7. The van der Waals surface area contributed by atoms with Gasteiger partial charge in [0, 0.05) is 19.0 Å². The van der Waals surface area contributed by atoms with Gasteiger partial charge in [0.1, 0.15) is 5.75 Å². The zero-order valence-corrected chi connectivity index (χ0v) is 20.2. The van der Waals surface area contributed by atoms with E-state index in [1.165, 1.54) is 12.8 Å². The van der Waals surface area contributed by atoms with Crippen LogP contribution in [0.5, 0.6) is 5.75 Å². The first kappa shape index (κ1) is 24.3. The number of carbonyl (C=O) groups is 2. The standard InChI is InChI=1S/C28H37N3O3/c1-34-25-13-11-23(12-14-25)27(22-9-5-4-6-10-22)29-26(32)21-30-19-15-24(16-20-30)28(33)31-17-7-2-3-8-18-31/h4-6,9-14,24,27H,2-3,7-8,15-21H2,1H3,(H,29,32)/t27-/m1/s1. The zero-order chi connectivity index (χ0) is 23.8. The molecule has 6 nitrogen and oxygen atoms in total. The molecule has 2 heterocycles. The van der Waals surface area contributed by atoms with E-state index in [0.29, 0.717) is 12.5 Å². The maximum atomic E-state index is 13.0. The average Bonchev–Trinajstić information content (AvgIpc) is 3.18. The Labute approximate surface area is 203 Å². The first-order chi connectivity index (χ1) is 16.6. The van der Waals surface area contributed by atoms with E-state index in [9.17, 15) is 9.59 Å². The van der Waals surface area contributed by atoms with E-state index in [1.54, 1.807) is 7.11 Å². The summed E-state index contributed by atoms with van der Waals surface area (Å²) in [4.78, 5) is 30.3. The van der Waals surface area contributed by atoms with Gasteiger partial charge in [-0.15, -0.1) is 0 Å². The molecule has 4 rings (SSSR count). The second-order valence-electron chi connectivity index (χ2n) is 9.47. The van der Waals surface area contributed by atoms with E-state index in [-0.39, 0.29) is 17.9 Å². The first-order valence-electron chi connectivity index (χ1n) is 12.6. The number of carbonyl (C=O) groups excluding carboxylic acids is 2. The lowest BCUT2D eigenvalue weighted by Gasteiger charge is -2.34. The van der Waals surface area contributed by atoms with Gasteiger partial charge in [0.15, 0.2) is 0 Å². The van der Waals surface area contributed by atoms with Gasteiger partial charge in [0.05, 0.1) is 19.7 Å². The Morgan fingerprint density at radius 3 is 2.12 bits per heavy atom. The van der Waals surface area contributed by atoms with Crippen LogP contribution in [0.4, 0.5) is 0 Å². The summed E-state index contributed by atoms with van der Waals surface area (Å²) in [6, 6.07) is 17.6. The summed E-state index contributed by atoms with van der Waals surface area (Å²) >= 11 is 0. The van der Waals surface area contributed by atoms with Gasteiger partial charge in [-0.2, -0.15) is 0 Å². The highest BCUT2D eigenvalue weighted by Gasteiger charge is 2.29. The van der Waals surface area contributed by atoms with Crippen LogP contribution in [0, 0.1) is 5.92 Å². The Morgan fingerprint density at radius 1 is 0.882 bits per heavy atom. The monoisotopic (exact) mass is 463 g/mol. The quantitative estimate of drug-likeness (QED) is 0.674. The topological polar surface area (TPSA) is 61.9 Å². The molecule has 2 aromatic rings. The number of amides is 2. The van der Waals surface area contributed by atoms with Crippen molar-refractivity contribution in [1.82, 2.24) is 15.1 Å². The van der Waals surface area contributed by atoms with Crippen LogP contribution in [0.2, 0.25) is 0 Å². The molecule has 182 valence electrons. The second kappa shape index (κ2) is 12.0. The molecular formula is C28H37N3O3. The third-order valence-corrected chi connectivity index (χ3v) is 7.11. The summed E-state index contributed by atoms with van der Waals surface area (Å²) in [5, 5.41) is 3.23. The van der Waals surface area contributed by atoms with E-state index in [2.05, 4.69) is 15.1 Å². The van der Waals surface area contributed by atoms with Crippen LogP contribution in [0.3, 0.4) is 0 Å². The van der Waals surface area contributed by atoms with Crippen LogP contribution in [0.1, 0.15) is 55.7 Å². The molecule has 1 atom stereocenters. The van der Waals surface area contributed by atoms with Gasteiger partial charge in [0.2, 0.25) is 11.8 Å². The molecule has 2 aliphatic rings. The predicted molar refractivity (Wildman–Crippen MR) is 134 cm³/mol. The highest BCUT2D eigenvalue weighted by Crippen LogP contribution is 2.25. The van der Waals surface area contributed by atoms with Crippen molar-refractivity contribution < 1.29 is 14.3 Å². The highest BCUT2D eigenvalue weighted by molar-refractivity contribution is 5.80. The van der Waals surface area contributed by atoms with E-state index in [4.69, 9.17) is 4.74 Å². The van der Waals surface area contributed by atoms with Crippen molar-refractivity contribution in [1.29, 1.82) is 0 Å². The Kier molecular flexibility index (Phi) is 8.58. The van der Waals surface area contributed by atoms with Crippen LogP contribution >= 0.6 is 0 Å². The van der Waals surface area contributed by atoms with E-state index < -0.39 is 0 Å². The minimum atomic E-state index is -0.221. The van der Waals surface area contributed by atoms with Crippen LogP contribution in [-0.2, 0) is 9.59 Å². The largest absolute Gasteiger partial charge is 0.497 e. The fourth-order valence-electron chi connectivity index (χ4n) is 5.10.